The van der Waals surface area contributed by atoms with Gasteiger partial charge < -0.3 is 4.90 Å². The Kier molecular flexibility index (Phi) is 5.11. The van der Waals surface area contributed by atoms with E-state index in [0.29, 0.717) is 42.6 Å². The minimum Gasteiger partial charge on any atom is -0.339 e. The van der Waals surface area contributed by atoms with Crippen LogP contribution in [-0.4, -0.2) is 34.6 Å². The van der Waals surface area contributed by atoms with Crippen molar-refractivity contribution < 1.29 is 14.5 Å². The number of Topliss-reactive ketones (excluding diaryl/α,β-unsaturated/α-hetero) is 1. The van der Waals surface area contributed by atoms with E-state index in [2.05, 4.69) is 0 Å². The fourth-order valence-electron chi connectivity index (χ4n) is 3.36. The van der Waals surface area contributed by atoms with Crippen LogP contribution >= 0.6 is 0 Å². The highest BCUT2D eigenvalue weighted by Crippen LogP contribution is 2.24. The molecule has 0 unspecified atom stereocenters. The van der Waals surface area contributed by atoms with Gasteiger partial charge in [-0.2, -0.15) is 0 Å². The first-order valence-electron chi connectivity index (χ1n) is 8.61. The number of nitro groups is 1. The Morgan fingerprint density at radius 3 is 2.27 bits per heavy atom. The number of benzene rings is 2. The van der Waals surface area contributed by atoms with Crippen molar-refractivity contribution in [3.8, 4) is 0 Å². The molecule has 0 aliphatic carbocycles. The molecule has 1 heterocycles. The van der Waals surface area contributed by atoms with Gasteiger partial charge in [0.05, 0.1) is 4.92 Å². The van der Waals surface area contributed by atoms with Gasteiger partial charge in [-0.15, -0.1) is 0 Å². The van der Waals surface area contributed by atoms with Gasteiger partial charge in [-0.05, 0) is 31.9 Å². The molecular formula is C20H20N2O4. The summed E-state index contributed by atoms with van der Waals surface area (Å²) in [7, 11) is 0. The number of nitrogens with zero attached hydrogens (tertiary/aromatic N) is 2. The fourth-order valence-corrected chi connectivity index (χ4v) is 3.36. The fraction of sp³-hybridized carbons (Fsp3) is 0.300. The van der Waals surface area contributed by atoms with E-state index in [1.54, 1.807) is 17.9 Å². The van der Waals surface area contributed by atoms with E-state index in [0.717, 1.165) is 0 Å². The monoisotopic (exact) mass is 352 g/mol. The van der Waals surface area contributed by atoms with Gasteiger partial charge in [0.15, 0.2) is 5.78 Å². The average molecular weight is 352 g/mol. The van der Waals surface area contributed by atoms with Crippen molar-refractivity contribution in [2.45, 2.75) is 19.8 Å². The summed E-state index contributed by atoms with van der Waals surface area (Å²) in [5.41, 5.74) is 1.63. The SMILES string of the molecule is Cc1cc(C(=O)N2CCC(C(=O)c3ccccc3)CC2)ccc1[N+](=O)[O-]. The molecule has 1 amide bonds. The van der Waals surface area contributed by atoms with Gasteiger partial charge in [-0.1, -0.05) is 30.3 Å². The van der Waals surface area contributed by atoms with E-state index in [4.69, 9.17) is 0 Å². The Hall–Kier alpha value is -3.02. The maximum atomic E-state index is 12.7. The Labute approximate surface area is 151 Å². The minimum atomic E-state index is -0.454. The zero-order chi connectivity index (χ0) is 18.7. The van der Waals surface area contributed by atoms with Gasteiger partial charge in [-0.25, -0.2) is 0 Å². The normalized spacial score (nSPS) is 14.9. The number of amides is 1. The first-order chi connectivity index (χ1) is 12.5. The van der Waals surface area contributed by atoms with Crippen LogP contribution in [0.2, 0.25) is 0 Å². The van der Waals surface area contributed by atoms with Gasteiger partial charge >= 0.3 is 0 Å². The Bertz CT molecular complexity index is 840. The van der Waals surface area contributed by atoms with Crippen LogP contribution in [-0.2, 0) is 0 Å². The highest BCUT2D eigenvalue weighted by Gasteiger charge is 2.28. The van der Waals surface area contributed by atoms with Crippen LogP contribution in [0.1, 0.15) is 39.1 Å². The smallest absolute Gasteiger partial charge is 0.272 e. The molecule has 26 heavy (non-hydrogen) atoms. The van der Waals surface area contributed by atoms with E-state index in [1.165, 1.54) is 12.1 Å². The van der Waals surface area contributed by atoms with E-state index in [9.17, 15) is 19.7 Å². The molecule has 3 rings (SSSR count). The largest absolute Gasteiger partial charge is 0.339 e. The minimum absolute atomic E-state index is 0.00807. The summed E-state index contributed by atoms with van der Waals surface area (Å²) in [6.45, 7) is 2.65. The summed E-state index contributed by atoms with van der Waals surface area (Å²) in [5, 5.41) is 10.9. The number of hydrogen-bond donors (Lipinski definition) is 0. The van der Waals surface area contributed by atoms with Crippen molar-refractivity contribution in [2.24, 2.45) is 5.92 Å². The zero-order valence-electron chi connectivity index (χ0n) is 14.6. The quantitative estimate of drug-likeness (QED) is 0.478. The summed E-state index contributed by atoms with van der Waals surface area (Å²) in [6, 6.07) is 13.6. The van der Waals surface area contributed by atoms with Gasteiger partial charge in [0, 0.05) is 41.8 Å². The molecule has 0 atom stereocenters. The van der Waals surface area contributed by atoms with Crippen LogP contribution < -0.4 is 0 Å². The highest BCUT2D eigenvalue weighted by atomic mass is 16.6. The topological polar surface area (TPSA) is 80.5 Å². The molecule has 0 spiro atoms. The summed E-state index contributed by atoms with van der Waals surface area (Å²) in [5.74, 6) is -0.0856. The van der Waals surface area contributed by atoms with Crippen molar-refractivity contribution in [2.75, 3.05) is 13.1 Å². The molecule has 6 heteroatoms. The maximum Gasteiger partial charge on any atom is 0.272 e. The molecule has 0 bridgehead atoms. The average Bonchev–Trinajstić information content (AvgIpc) is 2.67. The summed E-state index contributed by atoms with van der Waals surface area (Å²) < 4.78 is 0. The number of aryl methyl sites for hydroxylation is 1. The van der Waals surface area contributed by atoms with Crippen molar-refractivity contribution >= 4 is 17.4 Å². The Morgan fingerprint density at radius 2 is 1.69 bits per heavy atom. The van der Waals surface area contributed by atoms with E-state index in [-0.39, 0.29) is 23.3 Å². The van der Waals surface area contributed by atoms with Gasteiger partial charge in [0.2, 0.25) is 0 Å². The number of hydrogen-bond acceptors (Lipinski definition) is 4. The van der Waals surface area contributed by atoms with Gasteiger partial charge in [-0.3, -0.25) is 19.7 Å². The molecule has 0 N–H and O–H groups in total. The first-order valence-corrected chi connectivity index (χ1v) is 8.61. The third-order valence-corrected chi connectivity index (χ3v) is 4.85. The molecule has 6 nitrogen and oxygen atoms in total. The van der Waals surface area contributed by atoms with E-state index in [1.807, 2.05) is 30.3 Å². The Morgan fingerprint density at radius 1 is 1.04 bits per heavy atom. The maximum absolute atomic E-state index is 12.7. The van der Waals surface area contributed by atoms with Crippen LogP contribution in [0.25, 0.3) is 0 Å². The second-order valence-corrected chi connectivity index (χ2v) is 6.56. The lowest BCUT2D eigenvalue weighted by molar-refractivity contribution is -0.385. The van der Waals surface area contributed by atoms with Crippen LogP contribution in [0, 0.1) is 23.0 Å². The standard InChI is InChI=1S/C20H20N2O4/c1-14-13-17(7-8-18(14)22(25)26)20(24)21-11-9-16(10-12-21)19(23)15-5-3-2-4-6-15/h2-8,13,16H,9-12H2,1H3. The summed E-state index contributed by atoms with van der Waals surface area (Å²) in [6.07, 6.45) is 1.26. The molecule has 1 fully saturated rings. The van der Waals surface area contributed by atoms with E-state index < -0.39 is 4.92 Å². The lowest BCUT2D eigenvalue weighted by Crippen LogP contribution is -2.40. The third kappa shape index (κ3) is 3.64. The molecule has 1 saturated heterocycles. The van der Waals surface area contributed by atoms with Crippen molar-refractivity contribution in [1.29, 1.82) is 0 Å². The third-order valence-electron chi connectivity index (χ3n) is 4.85. The molecule has 0 saturated carbocycles. The van der Waals surface area contributed by atoms with Crippen LogP contribution in [0.15, 0.2) is 48.5 Å². The molecule has 1 aliphatic heterocycles. The highest BCUT2D eigenvalue weighted by molar-refractivity contribution is 5.98. The summed E-state index contributed by atoms with van der Waals surface area (Å²) >= 11 is 0. The molecule has 0 radical (unpaired) electrons. The van der Waals surface area contributed by atoms with Crippen molar-refractivity contribution in [3.63, 3.8) is 0 Å². The van der Waals surface area contributed by atoms with Crippen molar-refractivity contribution in [3.05, 3.63) is 75.3 Å². The molecule has 2 aromatic rings. The number of ketones is 1. The van der Waals surface area contributed by atoms with Gasteiger partial charge in [0.1, 0.15) is 0 Å². The molecule has 2 aromatic carbocycles. The van der Waals surface area contributed by atoms with Crippen LogP contribution in [0.3, 0.4) is 0 Å². The second kappa shape index (κ2) is 7.47. The first kappa shape index (κ1) is 17.8. The van der Waals surface area contributed by atoms with Crippen LogP contribution in [0.5, 0.6) is 0 Å². The molecule has 1 aliphatic rings. The van der Waals surface area contributed by atoms with Crippen molar-refractivity contribution in [1.82, 2.24) is 4.90 Å². The predicted molar refractivity (Wildman–Crippen MR) is 97.2 cm³/mol. The summed E-state index contributed by atoms with van der Waals surface area (Å²) in [4.78, 5) is 37.3. The number of nitro benzene ring substituents is 1. The Balaban J connectivity index is 1.64. The van der Waals surface area contributed by atoms with Gasteiger partial charge in [0.25, 0.3) is 11.6 Å². The van der Waals surface area contributed by atoms with E-state index >= 15 is 0 Å². The second-order valence-electron chi connectivity index (χ2n) is 6.56. The lowest BCUT2D eigenvalue weighted by atomic mass is 9.88. The zero-order valence-corrected chi connectivity index (χ0v) is 14.6. The van der Waals surface area contributed by atoms with Crippen LogP contribution in [0.4, 0.5) is 5.69 Å². The number of carbonyl (C=O) groups is 2. The molecule has 134 valence electrons. The lowest BCUT2D eigenvalue weighted by Gasteiger charge is -2.31. The molecule has 0 aromatic heterocycles. The number of likely N-dealkylation sites (tertiary alicyclic amines) is 1. The molecular weight excluding hydrogens is 332 g/mol. The number of rotatable bonds is 4. The number of carbonyl (C=O) groups excluding carboxylic acids is 2. The number of piperidine rings is 1. The predicted octanol–water partition coefficient (Wildman–Crippen LogP) is 3.64.